The summed E-state index contributed by atoms with van der Waals surface area (Å²) in [6.45, 7) is 4.09. The highest BCUT2D eigenvalue weighted by atomic mass is 16.3. The van der Waals surface area contributed by atoms with Crippen molar-refractivity contribution >= 4 is 32.8 Å². The molecule has 0 spiro atoms. The van der Waals surface area contributed by atoms with Crippen LogP contribution < -0.4 is 0 Å². The minimum absolute atomic E-state index is 0.670. The lowest BCUT2D eigenvalue weighted by Crippen LogP contribution is -1.91. The van der Waals surface area contributed by atoms with E-state index in [0.717, 1.165) is 38.9 Å². The van der Waals surface area contributed by atoms with Crippen LogP contribution in [0.5, 0.6) is 0 Å². The van der Waals surface area contributed by atoms with Crippen molar-refractivity contribution in [1.82, 2.24) is 9.97 Å². The van der Waals surface area contributed by atoms with Crippen molar-refractivity contribution in [2.24, 2.45) is 0 Å². The first-order chi connectivity index (χ1) is 15.2. The van der Waals surface area contributed by atoms with Gasteiger partial charge in [-0.3, -0.25) is 4.98 Å². The summed E-state index contributed by atoms with van der Waals surface area (Å²) in [5, 5.41) is 4.57. The lowest BCUT2D eigenvalue weighted by Gasteiger charge is -2.12. The normalized spacial score (nSPS) is 11.5. The van der Waals surface area contributed by atoms with Gasteiger partial charge in [-0.2, -0.15) is 0 Å². The molecular formula is C28H20N2O. The molecule has 0 saturated heterocycles. The number of rotatable bonds is 2. The molecule has 0 N–H and O–H groups in total. The van der Waals surface area contributed by atoms with Gasteiger partial charge >= 0.3 is 0 Å². The Morgan fingerprint density at radius 2 is 1.45 bits per heavy atom. The standard InChI is InChI=1S/C28H20N2O/c1-17-16-29-26(15-25(17)21-10-5-8-19-7-3-4-9-20(19)21)24-12-6-11-22-23-14-13-18(2)30-28(23)31-27(22)24/h3-16H,1-2H3. The second-order valence-corrected chi connectivity index (χ2v) is 8.00. The summed E-state index contributed by atoms with van der Waals surface area (Å²) < 4.78 is 6.21. The van der Waals surface area contributed by atoms with Crippen LogP contribution in [0.2, 0.25) is 0 Å². The Bertz CT molecular complexity index is 1610. The van der Waals surface area contributed by atoms with E-state index < -0.39 is 0 Å². The first-order valence-electron chi connectivity index (χ1n) is 10.4. The monoisotopic (exact) mass is 400 g/mol. The van der Waals surface area contributed by atoms with E-state index in [2.05, 4.69) is 84.7 Å². The summed E-state index contributed by atoms with van der Waals surface area (Å²) in [6, 6.07) is 27.5. The largest absolute Gasteiger partial charge is 0.437 e. The maximum Gasteiger partial charge on any atom is 0.227 e. The van der Waals surface area contributed by atoms with Gasteiger partial charge in [0, 0.05) is 28.2 Å². The molecule has 0 aliphatic carbocycles. The van der Waals surface area contributed by atoms with E-state index in [9.17, 15) is 0 Å². The number of hydrogen-bond acceptors (Lipinski definition) is 3. The zero-order valence-electron chi connectivity index (χ0n) is 17.4. The van der Waals surface area contributed by atoms with Crippen LogP contribution in [0.1, 0.15) is 11.3 Å². The quantitative estimate of drug-likeness (QED) is 0.302. The van der Waals surface area contributed by atoms with Crippen molar-refractivity contribution in [1.29, 1.82) is 0 Å². The fraction of sp³-hybridized carbons (Fsp3) is 0.0714. The Kier molecular flexibility index (Phi) is 3.90. The van der Waals surface area contributed by atoms with Crippen LogP contribution in [0, 0.1) is 13.8 Å². The molecule has 0 radical (unpaired) electrons. The van der Waals surface area contributed by atoms with Gasteiger partial charge in [-0.15, -0.1) is 0 Å². The minimum atomic E-state index is 0.670. The highest BCUT2D eigenvalue weighted by Gasteiger charge is 2.15. The summed E-state index contributed by atoms with van der Waals surface area (Å²) in [7, 11) is 0. The second-order valence-electron chi connectivity index (χ2n) is 8.00. The minimum Gasteiger partial charge on any atom is -0.437 e. The molecule has 0 aliphatic heterocycles. The van der Waals surface area contributed by atoms with Gasteiger partial charge in [-0.1, -0.05) is 54.6 Å². The van der Waals surface area contributed by atoms with Gasteiger partial charge in [0.25, 0.3) is 0 Å². The number of benzene rings is 3. The van der Waals surface area contributed by atoms with Gasteiger partial charge in [0.2, 0.25) is 5.71 Å². The molecule has 6 rings (SSSR count). The Labute approximate surface area is 180 Å². The van der Waals surface area contributed by atoms with E-state index in [4.69, 9.17) is 9.40 Å². The lowest BCUT2D eigenvalue weighted by atomic mass is 9.94. The zero-order chi connectivity index (χ0) is 20.9. The summed E-state index contributed by atoms with van der Waals surface area (Å²) in [6.07, 6.45) is 1.95. The summed E-state index contributed by atoms with van der Waals surface area (Å²) in [5.74, 6) is 0. The van der Waals surface area contributed by atoms with Crippen LogP contribution in [0.15, 0.2) is 89.5 Å². The van der Waals surface area contributed by atoms with Gasteiger partial charge in [0.1, 0.15) is 5.58 Å². The lowest BCUT2D eigenvalue weighted by molar-refractivity contribution is 0.653. The third-order valence-corrected chi connectivity index (χ3v) is 5.96. The smallest absolute Gasteiger partial charge is 0.227 e. The number of hydrogen-bond donors (Lipinski definition) is 0. The van der Waals surface area contributed by atoms with Crippen molar-refractivity contribution in [2.75, 3.05) is 0 Å². The van der Waals surface area contributed by atoms with Gasteiger partial charge in [-0.05, 0) is 65.6 Å². The first-order valence-corrected chi connectivity index (χ1v) is 10.4. The summed E-state index contributed by atoms with van der Waals surface area (Å²) in [4.78, 5) is 9.35. The number of furan rings is 1. The highest BCUT2D eigenvalue weighted by Crippen LogP contribution is 2.37. The molecule has 3 heterocycles. The van der Waals surface area contributed by atoms with Crippen LogP contribution in [0.4, 0.5) is 0 Å². The molecule has 0 saturated carbocycles. The number of pyridine rings is 2. The van der Waals surface area contributed by atoms with Crippen LogP contribution >= 0.6 is 0 Å². The third kappa shape index (κ3) is 2.82. The van der Waals surface area contributed by atoms with Gasteiger partial charge in [0.05, 0.1) is 5.69 Å². The SMILES string of the molecule is Cc1ccc2c(n1)oc1c(-c3cc(-c4cccc5ccccc45)c(C)cn3)cccc12. The fourth-order valence-electron chi connectivity index (χ4n) is 4.39. The molecule has 148 valence electrons. The predicted octanol–water partition coefficient (Wildman–Crippen LogP) is 7.48. The van der Waals surface area contributed by atoms with Crippen LogP contribution in [0.25, 0.3) is 55.2 Å². The maximum absolute atomic E-state index is 6.21. The number of aryl methyl sites for hydroxylation is 2. The predicted molar refractivity (Wildman–Crippen MR) is 127 cm³/mol. The highest BCUT2D eigenvalue weighted by molar-refractivity contribution is 6.08. The number of fused-ring (bicyclic) bond motifs is 4. The zero-order valence-corrected chi connectivity index (χ0v) is 17.4. The number of aromatic nitrogens is 2. The summed E-state index contributed by atoms with van der Waals surface area (Å²) >= 11 is 0. The van der Waals surface area contributed by atoms with Crippen molar-refractivity contribution < 1.29 is 4.42 Å². The Balaban J connectivity index is 1.60. The van der Waals surface area contributed by atoms with E-state index >= 15 is 0 Å². The Morgan fingerprint density at radius 1 is 0.677 bits per heavy atom. The van der Waals surface area contributed by atoms with E-state index in [1.165, 1.54) is 21.9 Å². The van der Waals surface area contributed by atoms with Crippen molar-refractivity contribution in [3.8, 4) is 22.4 Å². The van der Waals surface area contributed by atoms with E-state index in [0.29, 0.717) is 5.71 Å². The van der Waals surface area contributed by atoms with Crippen molar-refractivity contribution in [3.63, 3.8) is 0 Å². The molecule has 0 unspecified atom stereocenters. The molecule has 0 fully saturated rings. The van der Waals surface area contributed by atoms with Crippen LogP contribution in [-0.2, 0) is 0 Å². The van der Waals surface area contributed by atoms with E-state index in [1.54, 1.807) is 0 Å². The van der Waals surface area contributed by atoms with Crippen LogP contribution in [0.3, 0.4) is 0 Å². The topological polar surface area (TPSA) is 38.9 Å². The number of para-hydroxylation sites is 1. The molecule has 3 nitrogen and oxygen atoms in total. The third-order valence-electron chi connectivity index (χ3n) is 5.96. The molecule has 0 amide bonds. The van der Waals surface area contributed by atoms with Crippen LogP contribution in [-0.4, -0.2) is 9.97 Å². The average molecular weight is 400 g/mol. The molecule has 6 aromatic rings. The Hall–Kier alpha value is -3.98. The molecule has 3 aromatic carbocycles. The van der Waals surface area contributed by atoms with Gasteiger partial charge in [0.15, 0.2) is 0 Å². The number of nitrogens with zero attached hydrogens (tertiary/aromatic N) is 2. The van der Waals surface area contributed by atoms with Crippen molar-refractivity contribution in [3.05, 3.63) is 96.3 Å². The average Bonchev–Trinajstić information content (AvgIpc) is 3.17. The summed E-state index contributed by atoms with van der Waals surface area (Å²) in [5.41, 5.74) is 7.87. The van der Waals surface area contributed by atoms with E-state index in [-0.39, 0.29) is 0 Å². The fourth-order valence-corrected chi connectivity index (χ4v) is 4.39. The maximum atomic E-state index is 6.21. The molecule has 0 aliphatic rings. The molecule has 3 heteroatoms. The van der Waals surface area contributed by atoms with Gasteiger partial charge < -0.3 is 4.42 Å². The molecule has 0 bridgehead atoms. The van der Waals surface area contributed by atoms with Gasteiger partial charge in [-0.25, -0.2) is 4.98 Å². The molecule has 0 atom stereocenters. The molecule has 3 aromatic heterocycles. The first kappa shape index (κ1) is 17.8. The van der Waals surface area contributed by atoms with Crippen molar-refractivity contribution in [2.45, 2.75) is 13.8 Å². The Morgan fingerprint density at radius 3 is 2.39 bits per heavy atom. The second kappa shape index (κ2) is 6.78. The molecule has 31 heavy (non-hydrogen) atoms. The van der Waals surface area contributed by atoms with E-state index in [1.807, 2.05) is 19.2 Å². The molecular weight excluding hydrogens is 380 g/mol.